The molecular formula is C15H17F3O4S. The molecule has 1 atom stereocenters. The Hall–Kier alpha value is -1.70. The predicted octanol–water partition coefficient (Wildman–Crippen LogP) is 4.10. The Morgan fingerprint density at radius 1 is 1.17 bits per heavy atom. The molecule has 0 saturated heterocycles. The summed E-state index contributed by atoms with van der Waals surface area (Å²) < 4.78 is 68.6. The van der Waals surface area contributed by atoms with Gasteiger partial charge >= 0.3 is 15.6 Å². The molecule has 8 heteroatoms. The average Bonchev–Trinajstić information content (AvgIpc) is 2.85. The van der Waals surface area contributed by atoms with Gasteiger partial charge in [0.1, 0.15) is 11.5 Å². The second kappa shape index (κ2) is 6.43. The van der Waals surface area contributed by atoms with Gasteiger partial charge < -0.3 is 8.92 Å². The topological polar surface area (TPSA) is 52.6 Å². The SMILES string of the molecule is CC(C)Oc1ccc(C2CC=C(OS(=O)(=O)C(F)(F)F)C2)cc1. The van der Waals surface area contributed by atoms with E-state index in [1.807, 2.05) is 26.0 Å². The highest BCUT2D eigenvalue weighted by atomic mass is 32.2. The largest absolute Gasteiger partial charge is 0.534 e. The first-order chi connectivity index (χ1) is 10.6. The maximum atomic E-state index is 12.3. The van der Waals surface area contributed by atoms with Gasteiger partial charge in [0.15, 0.2) is 0 Å². The average molecular weight is 350 g/mol. The van der Waals surface area contributed by atoms with Crippen LogP contribution in [0.15, 0.2) is 36.1 Å². The predicted molar refractivity (Wildman–Crippen MR) is 78.3 cm³/mol. The van der Waals surface area contributed by atoms with E-state index < -0.39 is 15.6 Å². The maximum Gasteiger partial charge on any atom is 0.534 e. The van der Waals surface area contributed by atoms with Crippen molar-refractivity contribution in [2.75, 3.05) is 0 Å². The van der Waals surface area contributed by atoms with Crippen molar-refractivity contribution in [1.82, 2.24) is 0 Å². The van der Waals surface area contributed by atoms with E-state index >= 15 is 0 Å². The number of rotatable bonds is 5. The van der Waals surface area contributed by atoms with Gasteiger partial charge in [-0.2, -0.15) is 21.6 Å². The Bertz CT molecular complexity index is 676. The van der Waals surface area contributed by atoms with E-state index in [1.165, 1.54) is 6.08 Å². The molecule has 0 aliphatic heterocycles. The molecule has 4 nitrogen and oxygen atoms in total. The second-order valence-electron chi connectivity index (χ2n) is 5.53. The molecule has 0 amide bonds. The fourth-order valence-corrected chi connectivity index (χ4v) is 2.80. The van der Waals surface area contributed by atoms with Crippen LogP contribution in [0.2, 0.25) is 0 Å². The molecule has 1 aliphatic rings. The number of allylic oxidation sites excluding steroid dienone is 2. The van der Waals surface area contributed by atoms with E-state index in [-0.39, 0.29) is 24.2 Å². The van der Waals surface area contributed by atoms with Crippen molar-refractivity contribution in [1.29, 1.82) is 0 Å². The molecule has 2 rings (SSSR count). The molecule has 0 radical (unpaired) electrons. The van der Waals surface area contributed by atoms with E-state index in [2.05, 4.69) is 4.18 Å². The summed E-state index contributed by atoms with van der Waals surface area (Å²) in [6.45, 7) is 3.80. The summed E-state index contributed by atoms with van der Waals surface area (Å²) in [5, 5.41) is 0. The highest BCUT2D eigenvalue weighted by molar-refractivity contribution is 7.87. The highest BCUT2D eigenvalue weighted by Gasteiger charge is 2.49. The van der Waals surface area contributed by atoms with Gasteiger partial charge in [-0.25, -0.2) is 0 Å². The van der Waals surface area contributed by atoms with Crippen LogP contribution in [-0.4, -0.2) is 20.0 Å². The molecule has 128 valence electrons. The van der Waals surface area contributed by atoms with Gasteiger partial charge in [0.2, 0.25) is 0 Å². The van der Waals surface area contributed by atoms with Crippen LogP contribution < -0.4 is 4.74 Å². The number of hydrogen-bond donors (Lipinski definition) is 0. The Morgan fingerprint density at radius 3 is 2.30 bits per heavy atom. The Kier molecular flexibility index (Phi) is 4.93. The first-order valence-corrected chi connectivity index (χ1v) is 8.45. The van der Waals surface area contributed by atoms with Crippen molar-refractivity contribution in [3.05, 3.63) is 41.7 Å². The molecule has 0 bridgehead atoms. The van der Waals surface area contributed by atoms with Crippen molar-refractivity contribution < 1.29 is 30.5 Å². The fraction of sp³-hybridized carbons (Fsp3) is 0.467. The second-order valence-corrected chi connectivity index (χ2v) is 7.06. The Labute approximate surface area is 133 Å². The molecule has 0 spiro atoms. The Balaban J connectivity index is 1.99. The molecule has 1 aromatic carbocycles. The smallest absolute Gasteiger partial charge is 0.491 e. The van der Waals surface area contributed by atoms with Gasteiger partial charge in [0, 0.05) is 6.42 Å². The third-order valence-corrected chi connectivity index (χ3v) is 4.30. The van der Waals surface area contributed by atoms with Crippen LogP contribution in [0.4, 0.5) is 13.2 Å². The summed E-state index contributed by atoms with van der Waals surface area (Å²) in [6, 6.07) is 7.19. The third-order valence-electron chi connectivity index (χ3n) is 3.30. The first kappa shape index (κ1) is 17.7. The van der Waals surface area contributed by atoms with Crippen molar-refractivity contribution in [3.8, 4) is 5.75 Å². The van der Waals surface area contributed by atoms with Crippen LogP contribution in [0, 0.1) is 0 Å². The van der Waals surface area contributed by atoms with Gasteiger partial charge in [0.25, 0.3) is 0 Å². The lowest BCUT2D eigenvalue weighted by atomic mass is 9.97. The quantitative estimate of drug-likeness (QED) is 0.593. The van der Waals surface area contributed by atoms with Gasteiger partial charge in [-0.3, -0.25) is 0 Å². The van der Waals surface area contributed by atoms with Crippen LogP contribution in [0.25, 0.3) is 0 Å². The maximum absolute atomic E-state index is 12.3. The minimum atomic E-state index is -5.60. The lowest BCUT2D eigenvalue weighted by Crippen LogP contribution is -2.25. The number of benzene rings is 1. The van der Waals surface area contributed by atoms with Crippen LogP contribution in [-0.2, 0) is 14.3 Å². The lowest BCUT2D eigenvalue weighted by molar-refractivity contribution is -0.0523. The molecule has 23 heavy (non-hydrogen) atoms. The molecule has 0 fully saturated rings. The lowest BCUT2D eigenvalue weighted by Gasteiger charge is -2.14. The first-order valence-electron chi connectivity index (χ1n) is 7.05. The number of ether oxygens (including phenoxy) is 1. The van der Waals surface area contributed by atoms with Gasteiger partial charge in [-0.05, 0) is 50.0 Å². The van der Waals surface area contributed by atoms with Crippen molar-refractivity contribution in [2.45, 2.75) is 44.2 Å². The summed E-state index contributed by atoms with van der Waals surface area (Å²) >= 11 is 0. The summed E-state index contributed by atoms with van der Waals surface area (Å²) in [5.74, 6) is 0.419. The van der Waals surface area contributed by atoms with Crippen LogP contribution in [0.5, 0.6) is 5.75 Å². The summed E-state index contributed by atoms with van der Waals surface area (Å²) in [4.78, 5) is 0. The number of hydrogen-bond acceptors (Lipinski definition) is 4. The molecule has 1 aromatic rings. The zero-order valence-corrected chi connectivity index (χ0v) is 13.4. The summed E-state index contributed by atoms with van der Waals surface area (Å²) in [6.07, 6.45) is 1.96. The monoisotopic (exact) mass is 350 g/mol. The third kappa shape index (κ3) is 4.40. The zero-order valence-electron chi connectivity index (χ0n) is 12.6. The zero-order chi connectivity index (χ0) is 17.3. The highest BCUT2D eigenvalue weighted by Crippen LogP contribution is 2.37. The Morgan fingerprint density at radius 2 is 1.78 bits per heavy atom. The van der Waals surface area contributed by atoms with Crippen LogP contribution in [0.1, 0.15) is 38.2 Å². The van der Waals surface area contributed by atoms with E-state index in [1.54, 1.807) is 12.1 Å². The molecule has 0 aromatic heterocycles. The summed E-state index contributed by atoms with van der Waals surface area (Å²) in [5.41, 5.74) is -4.53. The number of alkyl halides is 3. The molecule has 0 saturated carbocycles. The molecule has 0 N–H and O–H groups in total. The van der Waals surface area contributed by atoms with Crippen LogP contribution >= 0.6 is 0 Å². The minimum Gasteiger partial charge on any atom is -0.491 e. The number of halogens is 3. The minimum absolute atomic E-state index is 0.0431. The molecular weight excluding hydrogens is 333 g/mol. The van der Waals surface area contributed by atoms with E-state index in [9.17, 15) is 21.6 Å². The van der Waals surface area contributed by atoms with Gasteiger partial charge in [-0.1, -0.05) is 12.1 Å². The van der Waals surface area contributed by atoms with Crippen molar-refractivity contribution in [3.63, 3.8) is 0 Å². The van der Waals surface area contributed by atoms with E-state index in [0.29, 0.717) is 12.2 Å². The van der Waals surface area contributed by atoms with Crippen molar-refractivity contribution >= 4 is 10.1 Å². The van der Waals surface area contributed by atoms with Gasteiger partial charge in [0.05, 0.1) is 6.10 Å². The van der Waals surface area contributed by atoms with Crippen molar-refractivity contribution in [2.24, 2.45) is 0 Å². The summed E-state index contributed by atoms with van der Waals surface area (Å²) in [7, 11) is -5.60. The molecule has 1 aliphatic carbocycles. The van der Waals surface area contributed by atoms with Crippen LogP contribution in [0.3, 0.4) is 0 Å². The standard InChI is InChI=1S/C15H17F3O4S/c1-10(2)21-13-6-3-11(4-7-13)12-5-8-14(9-12)22-23(19,20)15(16,17)18/h3-4,6-8,10,12H,5,9H2,1-2H3. The fourth-order valence-electron chi connectivity index (χ4n) is 2.28. The molecule has 1 unspecified atom stereocenters. The molecule has 0 heterocycles. The van der Waals surface area contributed by atoms with E-state index in [4.69, 9.17) is 4.74 Å². The van der Waals surface area contributed by atoms with E-state index in [0.717, 1.165) is 5.56 Å². The van der Waals surface area contributed by atoms with Gasteiger partial charge in [-0.15, -0.1) is 0 Å². The normalized spacial score (nSPS) is 18.9.